The van der Waals surface area contributed by atoms with Crippen molar-refractivity contribution in [3.05, 3.63) is 71.3 Å². The van der Waals surface area contributed by atoms with Gasteiger partial charge in [-0.2, -0.15) is 0 Å². The molecule has 5 aliphatic rings. The molecule has 2 aliphatic carbocycles. The lowest BCUT2D eigenvalue weighted by Crippen LogP contribution is -2.69. The van der Waals surface area contributed by atoms with E-state index in [1.54, 1.807) is 35.5 Å². The zero-order valence-electron chi connectivity index (χ0n) is 46.4. The van der Waals surface area contributed by atoms with Gasteiger partial charge in [0.1, 0.15) is 73.8 Å². The highest BCUT2D eigenvalue weighted by atomic mass is 16.8. The molecule has 7 rings (SSSR count). The minimum atomic E-state index is -1.14. The zero-order valence-corrected chi connectivity index (χ0v) is 46.4. The molecule has 432 valence electrons. The summed E-state index contributed by atoms with van der Waals surface area (Å²) >= 11 is 0. The number of rotatable bonds is 27. The van der Waals surface area contributed by atoms with E-state index in [4.69, 9.17) is 80.5 Å². The Morgan fingerprint density at radius 2 is 1.08 bits per heavy atom. The molecule has 8 unspecified atom stereocenters. The molecule has 0 saturated carbocycles. The van der Waals surface area contributed by atoms with E-state index in [-0.39, 0.29) is 51.1 Å². The summed E-state index contributed by atoms with van der Waals surface area (Å²) in [6.07, 6.45) is -11.4. The van der Waals surface area contributed by atoms with E-state index in [2.05, 4.69) is 22.8 Å². The zero-order chi connectivity index (χ0) is 55.3. The van der Waals surface area contributed by atoms with Gasteiger partial charge in [-0.3, -0.25) is 9.59 Å². The number of esters is 1. The highest BCUT2D eigenvalue weighted by molar-refractivity contribution is 5.82. The first-order chi connectivity index (χ1) is 37.4. The Morgan fingerprint density at radius 3 is 1.61 bits per heavy atom. The van der Waals surface area contributed by atoms with Gasteiger partial charge in [0.15, 0.2) is 18.8 Å². The fourth-order valence-corrected chi connectivity index (χ4v) is 11.9. The lowest BCUT2D eigenvalue weighted by molar-refractivity contribution is -0.375. The average molecular weight is 1090 g/mol. The lowest BCUT2D eigenvalue weighted by Gasteiger charge is -2.51. The second-order valence-corrected chi connectivity index (χ2v) is 19.7. The van der Waals surface area contributed by atoms with Crippen LogP contribution in [0.5, 0.6) is 0 Å². The summed E-state index contributed by atoms with van der Waals surface area (Å²) in [6.45, 7) is 2.25. The quantitative estimate of drug-likeness (QED) is 0.0859. The molecule has 77 heavy (non-hydrogen) atoms. The summed E-state index contributed by atoms with van der Waals surface area (Å²) in [4.78, 5) is 26.7. The van der Waals surface area contributed by atoms with E-state index in [1.165, 1.54) is 42.7 Å². The van der Waals surface area contributed by atoms with E-state index >= 15 is 0 Å². The van der Waals surface area contributed by atoms with E-state index in [9.17, 15) is 14.7 Å². The van der Waals surface area contributed by atoms with Crippen molar-refractivity contribution in [2.45, 2.75) is 136 Å². The van der Waals surface area contributed by atoms with Gasteiger partial charge in [-0.05, 0) is 34.8 Å². The number of aliphatic hydroxyl groups is 1. The van der Waals surface area contributed by atoms with Crippen molar-refractivity contribution in [2.24, 2.45) is 5.92 Å². The summed E-state index contributed by atoms with van der Waals surface area (Å²) in [7, 11) is 17.0. The maximum absolute atomic E-state index is 13.5. The first-order valence-corrected chi connectivity index (χ1v) is 26.1. The number of aliphatic hydroxyl groups excluding tert-OH is 1. The molecule has 3 heterocycles. The molecule has 0 bridgehead atoms. The van der Waals surface area contributed by atoms with E-state index in [0.717, 1.165) is 27.8 Å². The van der Waals surface area contributed by atoms with Gasteiger partial charge in [0.25, 0.3) is 0 Å². The van der Waals surface area contributed by atoms with Gasteiger partial charge < -0.3 is 96.3 Å². The second-order valence-electron chi connectivity index (χ2n) is 19.7. The van der Waals surface area contributed by atoms with Gasteiger partial charge in [-0.25, -0.2) is 0 Å². The van der Waals surface area contributed by atoms with Gasteiger partial charge >= 0.3 is 5.97 Å². The van der Waals surface area contributed by atoms with Crippen LogP contribution in [0.15, 0.2) is 60.2 Å². The molecule has 2 aromatic rings. The van der Waals surface area contributed by atoms with Crippen molar-refractivity contribution in [2.75, 3.05) is 111 Å². The second kappa shape index (κ2) is 29.2. The Kier molecular flexibility index (Phi) is 23.2. The Labute approximate surface area is 452 Å². The van der Waals surface area contributed by atoms with Crippen LogP contribution in [-0.4, -0.2) is 238 Å². The molecular weight excluding hydrogens is 1010 g/mol. The average Bonchev–Trinajstić information content (AvgIpc) is 3.79. The third-order valence-electron chi connectivity index (χ3n) is 15.5. The molecule has 22 heteroatoms. The number of amides is 1. The standard InChI is InChI=1S/C55H82N2O20/c1-29-42(56-37-23-30(25-61-2)35(24-58)43(64-5)44(37)65-6)47(66-7)51(70-11)54(73-29)76-46-39(28-63-4)75-55(52(71-12)49(46)68-9)77-45-38(27-62-3)74-53(50(69-10)48(45)67-8)57-40(59)21-22-41(60)72-26-36-33-19-15-13-17-31(33)32-18-14-16-20-34(32)36/h13-20,23,29,35-39,42-56,58H,21-22,24-28H2,1-12H3,(H,57,59)/t29?,35-,37+,38?,39?,42-,43+,44?,45-,46-,47+,48+,49+,50?,51?,52?,53?,54-,55-/m0/s1. The van der Waals surface area contributed by atoms with Gasteiger partial charge in [0, 0.05) is 96.5 Å². The number of hydrogen-bond acceptors (Lipinski definition) is 21. The van der Waals surface area contributed by atoms with Crippen LogP contribution >= 0.6 is 0 Å². The van der Waals surface area contributed by atoms with Crippen LogP contribution < -0.4 is 10.6 Å². The molecule has 0 aromatic heterocycles. The van der Waals surface area contributed by atoms with Crippen molar-refractivity contribution in [3.8, 4) is 11.1 Å². The summed E-state index contributed by atoms with van der Waals surface area (Å²) in [5.41, 5.74) is 5.30. The first-order valence-electron chi connectivity index (χ1n) is 26.1. The highest BCUT2D eigenvalue weighted by Crippen LogP contribution is 2.45. The van der Waals surface area contributed by atoms with Crippen LogP contribution in [0.4, 0.5) is 0 Å². The number of carbonyl (C=O) groups excluding carboxylic acids is 2. The molecule has 1 amide bonds. The van der Waals surface area contributed by atoms with Crippen LogP contribution in [0.2, 0.25) is 0 Å². The molecular formula is C55H82N2O20. The van der Waals surface area contributed by atoms with Crippen LogP contribution in [0.25, 0.3) is 11.1 Å². The van der Waals surface area contributed by atoms with Gasteiger partial charge in [-0.15, -0.1) is 0 Å². The summed E-state index contributed by atoms with van der Waals surface area (Å²) < 4.78 is 105. The third kappa shape index (κ3) is 13.4. The molecule has 2 aromatic carbocycles. The minimum absolute atomic E-state index is 0.0120. The molecule has 0 radical (unpaired) electrons. The van der Waals surface area contributed by atoms with Gasteiger partial charge in [-0.1, -0.05) is 54.6 Å². The van der Waals surface area contributed by atoms with Crippen molar-refractivity contribution in [1.29, 1.82) is 0 Å². The Morgan fingerprint density at radius 1 is 0.558 bits per heavy atom. The first kappa shape index (κ1) is 61.0. The van der Waals surface area contributed by atoms with Crippen molar-refractivity contribution < 1.29 is 95.2 Å². The van der Waals surface area contributed by atoms with Gasteiger partial charge in [0.2, 0.25) is 5.91 Å². The summed E-state index contributed by atoms with van der Waals surface area (Å²) in [5, 5.41) is 16.9. The largest absolute Gasteiger partial charge is 0.465 e. The molecule has 3 fully saturated rings. The van der Waals surface area contributed by atoms with E-state index in [1.807, 2.05) is 49.4 Å². The smallest absolute Gasteiger partial charge is 0.306 e. The molecule has 22 nitrogen and oxygen atoms in total. The number of hydrogen-bond donors (Lipinski definition) is 3. The number of fused-ring (bicyclic) bond motifs is 3. The van der Waals surface area contributed by atoms with Crippen molar-refractivity contribution in [3.63, 3.8) is 0 Å². The van der Waals surface area contributed by atoms with Crippen molar-refractivity contribution >= 4 is 11.9 Å². The van der Waals surface area contributed by atoms with Crippen LogP contribution in [0.3, 0.4) is 0 Å². The topological polar surface area (TPSA) is 235 Å². The van der Waals surface area contributed by atoms with Crippen LogP contribution in [0.1, 0.15) is 36.8 Å². The molecule has 3 aliphatic heterocycles. The molecule has 19 atom stereocenters. The number of methoxy groups -OCH3 is 11. The fraction of sp³-hybridized carbons (Fsp3) is 0.709. The lowest BCUT2D eigenvalue weighted by atomic mass is 9.80. The Hall–Kier alpha value is -3.60. The number of ether oxygens (including phenoxy) is 17. The number of carbonyl (C=O) groups is 2. The normalized spacial score (nSPS) is 35.2. The van der Waals surface area contributed by atoms with E-state index < -0.39 is 122 Å². The molecule has 3 saturated heterocycles. The molecule has 3 N–H and O–H groups in total. The Balaban J connectivity index is 1.01. The minimum Gasteiger partial charge on any atom is -0.465 e. The maximum atomic E-state index is 13.5. The van der Waals surface area contributed by atoms with Gasteiger partial charge in [0.05, 0.1) is 57.1 Å². The number of benzene rings is 2. The third-order valence-corrected chi connectivity index (χ3v) is 15.5. The predicted octanol–water partition coefficient (Wildman–Crippen LogP) is 2.14. The maximum Gasteiger partial charge on any atom is 0.306 e. The Bertz CT molecular complexity index is 2140. The number of nitrogens with one attached hydrogen (secondary N) is 2. The highest BCUT2D eigenvalue weighted by Gasteiger charge is 2.56. The summed E-state index contributed by atoms with van der Waals surface area (Å²) in [5.74, 6) is -1.41. The van der Waals surface area contributed by atoms with Crippen molar-refractivity contribution in [1.82, 2.24) is 10.6 Å². The summed E-state index contributed by atoms with van der Waals surface area (Å²) in [6, 6.07) is 15.3. The van der Waals surface area contributed by atoms with E-state index in [0.29, 0.717) is 6.61 Å². The fourth-order valence-electron chi connectivity index (χ4n) is 11.9. The predicted molar refractivity (Wildman–Crippen MR) is 275 cm³/mol. The van der Waals surface area contributed by atoms with Crippen LogP contribution in [0, 0.1) is 5.92 Å². The SMILES string of the molecule is COCC1=C[C@@H](N[C@H]2C(C)O[C@@H](O[C@H]3C(COC)O[C@@H](O[C@H]4C(COC)OC(NC(=O)CCC(=O)OCC5c6ccccc6-c6ccccc65)C(OC)[C@@H]4OC)C(OC)[C@@H]3OC)C(OC)[C@@H]2OC)C(OC)[C@H](OC)[C@H]1CO. The monoisotopic (exact) mass is 1090 g/mol. The van der Waals surface area contributed by atoms with Crippen LogP contribution in [-0.2, 0) is 90.1 Å². The molecule has 0 spiro atoms.